The Balaban J connectivity index is 3.37. The lowest BCUT2D eigenvalue weighted by Gasteiger charge is -2.44. The van der Waals surface area contributed by atoms with Gasteiger partial charge in [-0.3, -0.25) is 24.0 Å². The highest BCUT2D eigenvalue weighted by molar-refractivity contribution is 5.87. The van der Waals surface area contributed by atoms with E-state index < -0.39 is 54.6 Å². The number of hydrogen-bond donors (Lipinski definition) is 0. The van der Waals surface area contributed by atoms with Crippen LogP contribution in [0.25, 0.3) is 0 Å². The normalized spacial score (nSPS) is 26.2. The van der Waals surface area contributed by atoms with E-state index in [4.69, 9.17) is 28.4 Å². The molecule has 1 saturated heterocycles. The van der Waals surface area contributed by atoms with Crippen LogP contribution in [0, 0.1) is 0 Å². The molecule has 168 valence electrons. The number of ketones is 1. The maximum atomic E-state index is 11.7. The Labute approximate surface area is 173 Å². The summed E-state index contributed by atoms with van der Waals surface area (Å²) in [5.74, 6) is -3.04. The molecule has 1 aliphatic rings. The molecule has 11 nitrogen and oxygen atoms in total. The summed E-state index contributed by atoms with van der Waals surface area (Å²) in [5.41, 5.74) is 0. The van der Waals surface area contributed by atoms with Crippen LogP contribution in [0.2, 0.25) is 0 Å². The van der Waals surface area contributed by atoms with Gasteiger partial charge in [0.1, 0.15) is 18.5 Å². The molecule has 0 aliphatic carbocycles. The van der Waals surface area contributed by atoms with E-state index in [1.165, 1.54) is 26.8 Å². The first-order valence-electron chi connectivity index (χ1n) is 9.06. The van der Waals surface area contributed by atoms with Crippen LogP contribution in [-0.2, 0) is 52.4 Å². The fourth-order valence-electron chi connectivity index (χ4n) is 2.79. The third-order valence-corrected chi connectivity index (χ3v) is 3.66. The van der Waals surface area contributed by atoms with Crippen LogP contribution in [0.15, 0.2) is 11.8 Å². The highest BCUT2D eigenvalue weighted by atomic mass is 16.7. The Hall–Kier alpha value is -2.95. The van der Waals surface area contributed by atoms with Crippen LogP contribution in [0.1, 0.15) is 41.5 Å². The second-order valence-corrected chi connectivity index (χ2v) is 6.55. The maximum Gasteiger partial charge on any atom is 0.303 e. The fourth-order valence-corrected chi connectivity index (χ4v) is 2.79. The molecule has 0 N–H and O–H groups in total. The summed E-state index contributed by atoms with van der Waals surface area (Å²) in [5, 5.41) is 0. The van der Waals surface area contributed by atoms with E-state index in [1.54, 1.807) is 0 Å². The monoisotopic (exact) mass is 430 g/mol. The second-order valence-electron chi connectivity index (χ2n) is 6.55. The summed E-state index contributed by atoms with van der Waals surface area (Å²) in [7, 11) is 0. The molecule has 0 aromatic rings. The zero-order valence-corrected chi connectivity index (χ0v) is 17.7. The molecule has 0 aromatic heterocycles. The Morgan fingerprint density at radius 3 is 1.67 bits per heavy atom. The quantitative estimate of drug-likeness (QED) is 0.231. The van der Waals surface area contributed by atoms with E-state index in [0.29, 0.717) is 0 Å². The van der Waals surface area contributed by atoms with E-state index in [2.05, 4.69) is 0 Å². The van der Waals surface area contributed by atoms with Gasteiger partial charge in [0.2, 0.25) is 12.4 Å². The van der Waals surface area contributed by atoms with Gasteiger partial charge < -0.3 is 28.4 Å². The predicted molar refractivity (Wildman–Crippen MR) is 97.5 cm³/mol. The van der Waals surface area contributed by atoms with Crippen LogP contribution < -0.4 is 0 Å². The number of esters is 4. The summed E-state index contributed by atoms with van der Waals surface area (Å²) in [6.45, 7) is 6.93. The van der Waals surface area contributed by atoms with Crippen LogP contribution >= 0.6 is 0 Å². The highest BCUT2D eigenvalue weighted by Gasteiger charge is 2.53. The Kier molecular flexibility index (Phi) is 9.44. The molecule has 1 aliphatic heterocycles. The van der Waals surface area contributed by atoms with Gasteiger partial charge in [-0.25, -0.2) is 0 Å². The molecular weight excluding hydrogens is 404 g/mol. The molecule has 0 amide bonds. The van der Waals surface area contributed by atoms with Gasteiger partial charge in [0.05, 0.1) is 0 Å². The van der Waals surface area contributed by atoms with Crippen LogP contribution in [0.4, 0.5) is 0 Å². The largest absolute Gasteiger partial charge is 0.465 e. The van der Waals surface area contributed by atoms with Crippen molar-refractivity contribution in [2.75, 3.05) is 6.61 Å². The lowest BCUT2D eigenvalue weighted by atomic mass is 9.98. The van der Waals surface area contributed by atoms with Gasteiger partial charge in [-0.1, -0.05) is 0 Å². The van der Waals surface area contributed by atoms with Gasteiger partial charge in [0.15, 0.2) is 18.0 Å². The molecule has 1 fully saturated rings. The summed E-state index contributed by atoms with van der Waals surface area (Å²) in [4.78, 5) is 57.5. The van der Waals surface area contributed by atoms with E-state index >= 15 is 0 Å². The smallest absolute Gasteiger partial charge is 0.303 e. The average molecular weight is 430 g/mol. The molecule has 1 heterocycles. The van der Waals surface area contributed by atoms with E-state index in [9.17, 15) is 24.0 Å². The fraction of sp³-hybridized carbons (Fsp3) is 0.632. The number of ether oxygens (including phenoxy) is 6. The van der Waals surface area contributed by atoms with Gasteiger partial charge in [-0.2, -0.15) is 0 Å². The van der Waals surface area contributed by atoms with E-state index in [1.807, 2.05) is 0 Å². The Bertz CT molecular complexity index is 711. The van der Waals surface area contributed by atoms with Crippen molar-refractivity contribution in [1.29, 1.82) is 0 Å². The summed E-state index contributed by atoms with van der Waals surface area (Å²) >= 11 is 0. The SMILES string of the molecule is CC(=O)/C=C(\C)O[C@H]1O[C@H](COC(C)=O)[C@@H](OC(C)=O)[C@H](OC(C)=O)[C@H]1OC(C)=O. The summed E-state index contributed by atoms with van der Waals surface area (Å²) in [6, 6.07) is 0. The zero-order valence-electron chi connectivity index (χ0n) is 17.7. The number of hydrogen-bond acceptors (Lipinski definition) is 11. The first kappa shape index (κ1) is 25.1. The minimum Gasteiger partial charge on any atom is -0.465 e. The van der Waals surface area contributed by atoms with Gasteiger partial charge in [-0.05, 0) is 13.8 Å². The van der Waals surface area contributed by atoms with Crippen LogP contribution in [0.3, 0.4) is 0 Å². The molecule has 1 rings (SSSR count). The molecule has 0 radical (unpaired) electrons. The first-order chi connectivity index (χ1) is 13.9. The van der Waals surface area contributed by atoms with Crippen molar-refractivity contribution in [3.63, 3.8) is 0 Å². The lowest BCUT2D eigenvalue weighted by molar-refractivity contribution is -0.299. The molecule has 0 unspecified atom stereocenters. The molecule has 5 atom stereocenters. The third kappa shape index (κ3) is 8.19. The molecule has 0 spiro atoms. The van der Waals surface area contributed by atoms with Crippen molar-refractivity contribution in [3.8, 4) is 0 Å². The minimum atomic E-state index is -1.36. The number of carbonyl (C=O) groups excluding carboxylic acids is 5. The maximum absolute atomic E-state index is 11.7. The number of carbonyl (C=O) groups is 5. The molecule has 11 heteroatoms. The first-order valence-corrected chi connectivity index (χ1v) is 9.06. The van der Waals surface area contributed by atoms with Gasteiger partial charge in [-0.15, -0.1) is 0 Å². The molecule has 0 aromatic carbocycles. The van der Waals surface area contributed by atoms with Crippen molar-refractivity contribution in [3.05, 3.63) is 11.8 Å². The summed E-state index contributed by atoms with van der Waals surface area (Å²) < 4.78 is 32.0. The Morgan fingerprint density at radius 1 is 0.700 bits per heavy atom. The molecule has 30 heavy (non-hydrogen) atoms. The number of allylic oxidation sites excluding steroid dienone is 2. The minimum absolute atomic E-state index is 0.128. The van der Waals surface area contributed by atoms with Crippen LogP contribution in [-0.4, -0.2) is 67.0 Å². The van der Waals surface area contributed by atoms with E-state index in [0.717, 1.165) is 20.8 Å². The van der Waals surface area contributed by atoms with Crippen molar-refractivity contribution in [2.24, 2.45) is 0 Å². The Morgan fingerprint density at radius 2 is 1.20 bits per heavy atom. The molecule has 0 bridgehead atoms. The van der Waals surface area contributed by atoms with Crippen molar-refractivity contribution < 1.29 is 52.4 Å². The predicted octanol–water partition coefficient (Wildman–Crippen LogP) is 0.579. The zero-order chi connectivity index (χ0) is 23.0. The van der Waals surface area contributed by atoms with Crippen molar-refractivity contribution >= 4 is 29.7 Å². The van der Waals surface area contributed by atoms with Crippen molar-refractivity contribution in [2.45, 2.75) is 72.2 Å². The lowest BCUT2D eigenvalue weighted by Crippen LogP contribution is -2.62. The van der Waals surface area contributed by atoms with Gasteiger partial charge in [0, 0.05) is 33.8 Å². The van der Waals surface area contributed by atoms with Crippen molar-refractivity contribution in [1.82, 2.24) is 0 Å². The topological polar surface area (TPSA) is 141 Å². The third-order valence-electron chi connectivity index (χ3n) is 3.66. The van der Waals surface area contributed by atoms with Gasteiger partial charge in [0.25, 0.3) is 0 Å². The molecule has 0 saturated carbocycles. The molecular formula is C19H26O11. The van der Waals surface area contributed by atoms with E-state index in [-0.39, 0.29) is 18.1 Å². The highest BCUT2D eigenvalue weighted by Crippen LogP contribution is 2.30. The number of rotatable bonds is 8. The second kappa shape index (κ2) is 11.3. The van der Waals surface area contributed by atoms with Gasteiger partial charge >= 0.3 is 23.9 Å². The standard InChI is InChI=1S/C19H26O11/c1-9(20)7-10(2)26-19-18(29-14(6)24)17(28-13(5)23)16(27-12(4)22)15(30-19)8-25-11(3)21/h7,15-19H,8H2,1-6H3/b10-7+/t15-,16-,17+,18-,19+/m1/s1. The average Bonchev–Trinajstić information content (AvgIpc) is 2.56. The van der Waals surface area contributed by atoms with Crippen LogP contribution in [0.5, 0.6) is 0 Å². The summed E-state index contributed by atoms with van der Waals surface area (Å²) in [6.07, 6.45) is -5.26.